The maximum absolute atomic E-state index is 10.7. The lowest BCUT2D eigenvalue weighted by molar-refractivity contribution is 0.373. The number of allylic oxidation sites excluding steroid dienone is 2. The Bertz CT molecular complexity index is 696. The maximum Gasteiger partial charge on any atom is 0.325 e. The molecular weight excluding hydrogens is 305 g/mol. The summed E-state index contributed by atoms with van der Waals surface area (Å²) >= 11 is 5.90. The van der Waals surface area contributed by atoms with Crippen molar-refractivity contribution in [2.45, 2.75) is 13.0 Å². The average Bonchev–Trinajstić information content (AvgIpc) is 2.70. The molecule has 10 heteroatoms. The first-order chi connectivity index (χ1) is 9.37. The van der Waals surface area contributed by atoms with Crippen LogP contribution in [0.5, 0.6) is 0 Å². The normalized spacial score (nSPS) is 12.6. The van der Waals surface area contributed by atoms with Crippen LogP contribution in [0.4, 0.5) is 5.95 Å². The van der Waals surface area contributed by atoms with Crippen molar-refractivity contribution in [3.8, 4) is 0 Å². The Morgan fingerprint density at radius 1 is 1.40 bits per heavy atom. The molecule has 0 spiro atoms. The first-order valence-electron chi connectivity index (χ1n) is 5.70. The topological polar surface area (TPSA) is 127 Å². The summed E-state index contributed by atoms with van der Waals surface area (Å²) in [5.41, 5.74) is 6.50. The van der Waals surface area contributed by atoms with Gasteiger partial charge in [-0.3, -0.25) is 4.57 Å². The zero-order valence-electron chi connectivity index (χ0n) is 10.3. The highest BCUT2D eigenvalue weighted by atomic mass is 35.5. The predicted molar refractivity (Wildman–Crippen MR) is 75.4 cm³/mol. The van der Waals surface area contributed by atoms with Crippen molar-refractivity contribution in [3.63, 3.8) is 0 Å². The van der Waals surface area contributed by atoms with Crippen LogP contribution in [0.15, 0.2) is 18.5 Å². The van der Waals surface area contributed by atoms with E-state index >= 15 is 0 Å². The number of anilines is 1. The van der Waals surface area contributed by atoms with Crippen LogP contribution in [0.2, 0.25) is 5.15 Å². The third-order valence-corrected chi connectivity index (χ3v) is 3.60. The number of nitrogen functional groups attached to an aromatic ring is 1. The molecule has 2 heterocycles. The molecule has 0 amide bonds. The molecule has 4 N–H and O–H groups in total. The Labute approximate surface area is 119 Å². The largest absolute Gasteiger partial charge is 0.368 e. The highest BCUT2D eigenvalue weighted by Gasteiger charge is 2.11. The van der Waals surface area contributed by atoms with E-state index < -0.39 is 7.60 Å². The standard InChI is InChI=1S/C10H13ClN5O3P/c11-8-7-9(15-10(12)14-8)16(6-13-7)4-2-1-3-5-20(17,18)19/h1-2,6H,3-5H2,(H2,12,14,15)(H2,17,18,19)/b2-1-. The zero-order chi connectivity index (χ0) is 14.8. The molecule has 0 aliphatic carbocycles. The Balaban J connectivity index is 2.07. The van der Waals surface area contributed by atoms with Crippen LogP contribution >= 0.6 is 19.2 Å². The molecule has 0 saturated heterocycles. The molecule has 0 aromatic carbocycles. The lowest BCUT2D eigenvalue weighted by Gasteiger charge is -2.01. The predicted octanol–water partition coefficient (Wildman–Crippen LogP) is 1.19. The SMILES string of the molecule is Nc1nc(Cl)c2ncn(C/C=C\CCP(=O)(O)O)c2n1. The van der Waals surface area contributed by atoms with E-state index in [1.54, 1.807) is 23.0 Å². The van der Waals surface area contributed by atoms with E-state index in [1.807, 2.05) is 0 Å². The van der Waals surface area contributed by atoms with Gasteiger partial charge in [-0.2, -0.15) is 9.97 Å². The molecule has 2 rings (SSSR count). The number of hydrogen-bond acceptors (Lipinski definition) is 5. The molecule has 0 atom stereocenters. The second-order valence-corrected chi connectivity index (χ2v) is 6.22. The molecule has 0 aliphatic rings. The van der Waals surface area contributed by atoms with Gasteiger partial charge >= 0.3 is 7.60 Å². The van der Waals surface area contributed by atoms with Crippen molar-refractivity contribution in [1.82, 2.24) is 19.5 Å². The number of imidazole rings is 1. The van der Waals surface area contributed by atoms with Crippen molar-refractivity contribution in [2.24, 2.45) is 0 Å². The molecule has 0 radical (unpaired) electrons. The van der Waals surface area contributed by atoms with Gasteiger partial charge in [-0.25, -0.2) is 4.98 Å². The van der Waals surface area contributed by atoms with Gasteiger partial charge in [-0.15, -0.1) is 0 Å². The van der Waals surface area contributed by atoms with Crippen LogP contribution in [-0.2, 0) is 11.1 Å². The third-order valence-electron chi connectivity index (χ3n) is 2.49. The van der Waals surface area contributed by atoms with Gasteiger partial charge in [0.25, 0.3) is 0 Å². The lowest BCUT2D eigenvalue weighted by Crippen LogP contribution is -2.00. The first-order valence-corrected chi connectivity index (χ1v) is 7.88. The molecule has 0 unspecified atom stereocenters. The van der Waals surface area contributed by atoms with Gasteiger partial charge in [0.15, 0.2) is 10.8 Å². The minimum Gasteiger partial charge on any atom is -0.368 e. The summed E-state index contributed by atoms with van der Waals surface area (Å²) in [6.45, 7) is 0.449. The van der Waals surface area contributed by atoms with Crippen LogP contribution in [0, 0.1) is 0 Å². The number of fused-ring (bicyclic) bond motifs is 1. The quantitative estimate of drug-likeness (QED) is 0.429. The minimum absolute atomic E-state index is 0.0646. The average molecular weight is 318 g/mol. The van der Waals surface area contributed by atoms with Crippen molar-refractivity contribution in [2.75, 3.05) is 11.9 Å². The fourth-order valence-corrected chi connectivity index (χ4v) is 2.31. The highest BCUT2D eigenvalue weighted by molar-refractivity contribution is 7.51. The van der Waals surface area contributed by atoms with Crippen molar-refractivity contribution in [3.05, 3.63) is 23.6 Å². The third kappa shape index (κ3) is 3.77. The van der Waals surface area contributed by atoms with Crippen LogP contribution < -0.4 is 5.73 Å². The highest BCUT2D eigenvalue weighted by Crippen LogP contribution is 2.34. The van der Waals surface area contributed by atoms with Gasteiger partial charge in [-0.05, 0) is 6.42 Å². The van der Waals surface area contributed by atoms with Gasteiger partial charge < -0.3 is 20.1 Å². The van der Waals surface area contributed by atoms with E-state index in [0.29, 0.717) is 24.1 Å². The molecular formula is C10H13ClN5O3P. The van der Waals surface area contributed by atoms with Crippen molar-refractivity contribution in [1.29, 1.82) is 0 Å². The zero-order valence-corrected chi connectivity index (χ0v) is 12.0. The second kappa shape index (κ2) is 5.88. The van der Waals surface area contributed by atoms with Gasteiger partial charge in [0.1, 0.15) is 5.52 Å². The smallest absolute Gasteiger partial charge is 0.325 e. The summed E-state index contributed by atoms with van der Waals surface area (Å²) in [4.78, 5) is 29.4. The molecule has 0 fully saturated rings. The summed E-state index contributed by atoms with van der Waals surface area (Å²) < 4.78 is 12.4. The summed E-state index contributed by atoms with van der Waals surface area (Å²) in [5.74, 6) is 0.0646. The Morgan fingerprint density at radius 3 is 2.85 bits per heavy atom. The van der Waals surface area contributed by atoms with E-state index in [-0.39, 0.29) is 17.3 Å². The van der Waals surface area contributed by atoms with Crippen LogP contribution in [0.25, 0.3) is 11.2 Å². The number of rotatable bonds is 5. The fraction of sp³-hybridized carbons (Fsp3) is 0.300. The number of nitrogens with zero attached hydrogens (tertiary/aromatic N) is 4. The van der Waals surface area contributed by atoms with E-state index in [0.717, 1.165) is 0 Å². The summed E-state index contributed by atoms with van der Waals surface area (Å²) in [7, 11) is -3.94. The molecule has 2 aromatic rings. The van der Waals surface area contributed by atoms with Gasteiger partial charge in [0.05, 0.1) is 12.5 Å². The van der Waals surface area contributed by atoms with E-state index in [1.165, 1.54) is 0 Å². The maximum atomic E-state index is 10.7. The second-order valence-electron chi connectivity index (χ2n) is 4.09. The van der Waals surface area contributed by atoms with Crippen LogP contribution in [-0.4, -0.2) is 35.5 Å². The van der Waals surface area contributed by atoms with Crippen LogP contribution in [0.3, 0.4) is 0 Å². The minimum atomic E-state index is -3.94. The van der Waals surface area contributed by atoms with Gasteiger partial charge in [0, 0.05) is 6.54 Å². The van der Waals surface area contributed by atoms with Crippen molar-refractivity contribution >= 4 is 36.3 Å². The van der Waals surface area contributed by atoms with Gasteiger partial charge in [0.2, 0.25) is 5.95 Å². The number of halogens is 1. The van der Waals surface area contributed by atoms with Gasteiger partial charge in [-0.1, -0.05) is 23.8 Å². The summed E-state index contributed by atoms with van der Waals surface area (Å²) in [6.07, 6.45) is 5.14. The summed E-state index contributed by atoms with van der Waals surface area (Å²) in [6, 6.07) is 0. The molecule has 20 heavy (non-hydrogen) atoms. The number of hydrogen-bond donors (Lipinski definition) is 3. The fourth-order valence-electron chi connectivity index (χ4n) is 1.61. The molecule has 108 valence electrons. The Kier molecular flexibility index (Phi) is 4.39. The van der Waals surface area contributed by atoms with Crippen molar-refractivity contribution < 1.29 is 14.4 Å². The van der Waals surface area contributed by atoms with E-state index in [2.05, 4.69) is 15.0 Å². The van der Waals surface area contributed by atoms with E-state index in [4.69, 9.17) is 27.1 Å². The number of nitrogens with two attached hydrogens (primary N) is 1. The molecule has 8 nitrogen and oxygen atoms in total. The molecule has 0 saturated carbocycles. The molecule has 0 bridgehead atoms. The Hall–Kier alpha value is -1.47. The monoisotopic (exact) mass is 317 g/mol. The van der Waals surface area contributed by atoms with E-state index in [9.17, 15) is 4.57 Å². The summed E-state index contributed by atoms with van der Waals surface area (Å²) in [5, 5.41) is 0.191. The first kappa shape index (κ1) is 14.9. The Morgan fingerprint density at radius 2 is 2.15 bits per heavy atom. The molecule has 2 aromatic heterocycles. The number of aromatic nitrogens is 4. The van der Waals surface area contributed by atoms with Crippen LogP contribution in [0.1, 0.15) is 6.42 Å². The lowest BCUT2D eigenvalue weighted by atomic mass is 10.4. The molecule has 0 aliphatic heterocycles.